The fraction of sp³-hybridized carbons (Fsp3) is 0.714. The Morgan fingerprint density at radius 2 is 1.73 bits per heavy atom. The van der Waals surface area contributed by atoms with Gasteiger partial charge in [0.05, 0.1) is 48.6 Å². The zero-order valence-electron chi connectivity index (χ0n) is 40.2. The summed E-state index contributed by atoms with van der Waals surface area (Å²) in [5, 5.41) is 69.2. The molecule has 6 N–H and O–H groups in total. The maximum Gasteiger partial charge on any atom is 0.350 e. The summed E-state index contributed by atoms with van der Waals surface area (Å²) in [6, 6.07) is 0. The van der Waals surface area contributed by atoms with Crippen LogP contribution in [0.5, 0.6) is 0 Å². The van der Waals surface area contributed by atoms with Gasteiger partial charge >= 0.3 is 11.9 Å². The molecule has 16 atom stereocenters. The van der Waals surface area contributed by atoms with Crippen molar-refractivity contribution < 1.29 is 64.0 Å². The number of hydrogen-bond acceptors (Lipinski definition) is 15. The van der Waals surface area contributed by atoms with E-state index in [1.54, 1.807) is 64.2 Å². The van der Waals surface area contributed by atoms with Crippen LogP contribution >= 0.6 is 11.3 Å². The number of ether oxygens (including phenoxy) is 4. The number of Topliss-reactive ketones (excluding diaryl/α,β-unsaturated/α-hetero) is 1. The number of epoxide rings is 1. The lowest BCUT2D eigenvalue weighted by molar-refractivity contribution is -0.197. The number of carbonyl (C=O) groups excluding carboxylic acids is 3. The Kier molecular flexibility index (Phi) is 20.3. The molecule has 15 heteroatoms. The first-order valence-corrected chi connectivity index (χ1v) is 23.5. The van der Waals surface area contributed by atoms with Gasteiger partial charge in [0, 0.05) is 30.7 Å². The van der Waals surface area contributed by atoms with Gasteiger partial charge in [0.1, 0.15) is 40.3 Å². The van der Waals surface area contributed by atoms with E-state index in [9.17, 15) is 45.0 Å². The number of hydrogen-bond donors (Lipinski definition) is 6. The first kappa shape index (κ1) is 55.2. The molecular formula is C49H77NO13S. The summed E-state index contributed by atoms with van der Waals surface area (Å²) in [6.45, 7) is 19.9. The summed E-state index contributed by atoms with van der Waals surface area (Å²) in [4.78, 5) is 46.3. The number of allylic oxidation sites excluding steroid dienone is 4. The van der Waals surface area contributed by atoms with Crippen molar-refractivity contribution >= 4 is 29.1 Å². The van der Waals surface area contributed by atoms with E-state index in [2.05, 4.69) is 0 Å². The molecule has 1 fully saturated rings. The third-order valence-corrected chi connectivity index (χ3v) is 14.3. The molecule has 14 nitrogen and oxygen atoms in total. The molecular weight excluding hydrogens is 843 g/mol. The highest BCUT2D eigenvalue weighted by molar-refractivity contribution is 7.09. The van der Waals surface area contributed by atoms with Crippen molar-refractivity contribution in [3.63, 3.8) is 0 Å². The Hall–Kier alpha value is -3.12. The third-order valence-electron chi connectivity index (χ3n) is 13.2. The standard InChI is InChI=1S/C49H77NO13S/c1-27-20-21-48(11,63-44(57)32(6)34(8)52)46(58)61-43(47(10,59)24-28(2)22-37-26-64-45(50-37)49(12)35(9)62-49)31(5)18-14-17-30(4)42(60-13)41(56)39(54)29(3)16-15-19-36(25-51)40(55)33(7)38(53)23-27/h14-15,17-19,24,26-27,29,31-36,38-39,41-43,51-54,56,59H,16,20-23,25H2,1-13H3/b18-14+,19-15+,28-24+,30-17+. The van der Waals surface area contributed by atoms with Crippen molar-refractivity contribution in [1.29, 1.82) is 0 Å². The first-order chi connectivity index (χ1) is 29.7. The number of aliphatic hydroxyl groups is 6. The van der Waals surface area contributed by atoms with Gasteiger partial charge in [-0.15, -0.1) is 11.3 Å². The van der Waals surface area contributed by atoms with E-state index in [0.29, 0.717) is 12.0 Å². The highest BCUT2D eigenvalue weighted by atomic mass is 32.1. The van der Waals surface area contributed by atoms with Crippen molar-refractivity contribution in [1.82, 2.24) is 4.98 Å². The van der Waals surface area contributed by atoms with Gasteiger partial charge < -0.3 is 49.6 Å². The van der Waals surface area contributed by atoms with Crippen LogP contribution in [0.1, 0.15) is 119 Å². The topological polar surface area (TPSA) is 226 Å². The molecule has 64 heavy (non-hydrogen) atoms. The zero-order chi connectivity index (χ0) is 48.5. The van der Waals surface area contributed by atoms with Crippen LogP contribution in [-0.4, -0.2) is 121 Å². The van der Waals surface area contributed by atoms with Crippen LogP contribution in [0.4, 0.5) is 0 Å². The largest absolute Gasteiger partial charge is 0.455 e. The van der Waals surface area contributed by atoms with Gasteiger partial charge in [-0.2, -0.15) is 0 Å². The summed E-state index contributed by atoms with van der Waals surface area (Å²) in [5.41, 5.74) is -2.04. The number of aromatic nitrogens is 1. The first-order valence-electron chi connectivity index (χ1n) is 22.6. The molecule has 2 aliphatic heterocycles. The molecule has 0 spiro atoms. The number of carbonyl (C=O) groups is 3. The van der Waals surface area contributed by atoms with E-state index in [1.807, 2.05) is 33.1 Å². The van der Waals surface area contributed by atoms with Gasteiger partial charge in [-0.05, 0) is 98.5 Å². The van der Waals surface area contributed by atoms with E-state index < -0.39 is 102 Å². The molecule has 0 aliphatic carbocycles. The summed E-state index contributed by atoms with van der Waals surface area (Å²) in [6.07, 6.45) is 4.07. The molecule has 0 aromatic carbocycles. The molecule has 362 valence electrons. The van der Waals surface area contributed by atoms with Gasteiger partial charge in [0.25, 0.3) is 0 Å². The average Bonchev–Trinajstić information content (AvgIpc) is 3.57. The van der Waals surface area contributed by atoms with E-state index in [-0.39, 0.29) is 43.5 Å². The number of ketones is 1. The Bertz CT molecular complexity index is 1840. The Labute approximate surface area is 384 Å². The lowest BCUT2D eigenvalue weighted by Crippen LogP contribution is -2.51. The Balaban J connectivity index is 2.12. The molecule has 0 bridgehead atoms. The quantitative estimate of drug-likeness (QED) is 0.0941. The van der Waals surface area contributed by atoms with E-state index >= 15 is 0 Å². The molecule has 2 aliphatic rings. The number of thiazole rings is 1. The molecule has 16 unspecified atom stereocenters. The molecule has 0 radical (unpaired) electrons. The van der Waals surface area contributed by atoms with E-state index in [4.69, 9.17) is 23.9 Å². The predicted octanol–water partition coefficient (Wildman–Crippen LogP) is 5.70. The smallest absolute Gasteiger partial charge is 0.350 e. The summed E-state index contributed by atoms with van der Waals surface area (Å²) in [5.74, 6) is -6.37. The lowest BCUT2D eigenvalue weighted by Gasteiger charge is -2.37. The Morgan fingerprint density at radius 3 is 2.31 bits per heavy atom. The summed E-state index contributed by atoms with van der Waals surface area (Å²) < 4.78 is 23.6. The van der Waals surface area contributed by atoms with Gasteiger partial charge in [-0.3, -0.25) is 9.59 Å². The van der Waals surface area contributed by atoms with Crippen LogP contribution in [0.25, 0.3) is 0 Å². The molecule has 1 aromatic heterocycles. The van der Waals surface area contributed by atoms with Gasteiger partial charge in [0.15, 0.2) is 0 Å². The molecule has 3 heterocycles. The second kappa shape index (κ2) is 23.6. The van der Waals surface area contributed by atoms with Gasteiger partial charge in [-0.1, -0.05) is 69.7 Å². The van der Waals surface area contributed by atoms with Crippen molar-refractivity contribution in [3.8, 4) is 0 Å². The lowest BCUT2D eigenvalue weighted by atomic mass is 9.83. The highest BCUT2D eigenvalue weighted by Gasteiger charge is 2.53. The van der Waals surface area contributed by atoms with Gasteiger partial charge in [-0.25, -0.2) is 9.78 Å². The van der Waals surface area contributed by atoms with Crippen molar-refractivity contribution in [2.24, 2.45) is 35.5 Å². The summed E-state index contributed by atoms with van der Waals surface area (Å²) in [7, 11) is 1.41. The number of nitrogens with zero attached hydrogens (tertiary/aromatic N) is 1. The fourth-order valence-corrected chi connectivity index (χ4v) is 9.11. The normalized spacial score (nSPS) is 38.3. The van der Waals surface area contributed by atoms with Crippen molar-refractivity contribution in [3.05, 3.63) is 63.7 Å². The van der Waals surface area contributed by atoms with Crippen LogP contribution < -0.4 is 0 Å². The minimum atomic E-state index is -1.91. The van der Waals surface area contributed by atoms with Crippen LogP contribution in [0.15, 0.2) is 53.0 Å². The van der Waals surface area contributed by atoms with Crippen LogP contribution in [0.2, 0.25) is 0 Å². The number of esters is 2. The number of aliphatic hydroxyl groups excluding tert-OH is 5. The molecule has 1 aromatic rings. The maximum absolute atomic E-state index is 14.6. The highest BCUT2D eigenvalue weighted by Crippen LogP contribution is 2.46. The second-order valence-electron chi connectivity index (χ2n) is 19.3. The van der Waals surface area contributed by atoms with Crippen LogP contribution in [-0.2, 0) is 45.4 Å². The van der Waals surface area contributed by atoms with E-state index in [0.717, 1.165) is 16.3 Å². The van der Waals surface area contributed by atoms with E-state index in [1.165, 1.54) is 46.1 Å². The predicted molar refractivity (Wildman–Crippen MR) is 245 cm³/mol. The Morgan fingerprint density at radius 1 is 1.09 bits per heavy atom. The van der Waals surface area contributed by atoms with Crippen molar-refractivity contribution in [2.45, 2.75) is 175 Å². The number of rotatable bonds is 10. The average molecular weight is 920 g/mol. The van der Waals surface area contributed by atoms with Crippen LogP contribution in [0, 0.1) is 35.5 Å². The minimum Gasteiger partial charge on any atom is -0.455 e. The molecule has 1 saturated heterocycles. The SMILES string of the molecule is COC1/C(C)=C/C=C/C(C)C(C(C)(O)/C=C(\C)Cc2csc(C3(C)OC3C)n2)OC(=O)C(C)(OC(=O)C(C)C(C)O)CCC(C)CC(O)C(C)C(=O)C(CO)/C=C/CC(C)C(O)C1O. The monoisotopic (exact) mass is 920 g/mol. The fourth-order valence-electron chi connectivity index (χ4n) is 8.11. The molecule has 0 amide bonds. The minimum absolute atomic E-state index is 0.0591. The molecule has 0 saturated carbocycles. The third kappa shape index (κ3) is 14.4. The number of cyclic esters (lactones) is 1. The number of methoxy groups -OCH3 is 1. The van der Waals surface area contributed by atoms with Gasteiger partial charge in [0.2, 0.25) is 5.60 Å². The van der Waals surface area contributed by atoms with Crippen LogP contribution in [0.3, 0.4) is 0 Å². The second-order valence-corrected chi connectivity index (χ2v) is 20.1. The van der Waals surface area contributed by atoms with Crippen molar-refractivity contribution in [2.75, 3.05) is 13.7 Å². The molecule has 3 rings (SSSR count). The summed E-state index contributed by atoms with van der Waals surface area (Å²) >= 11 is 1.50. The zero-order valence-corrected chi connectivity index (χ0v) is 41.0. The maximum atomic E-state index is 14.6.